The van der Waals surface area contributed by atoms with Gasteiger partial charge in [-0.15, -0.1) is 0 Å². The van der Waals surface area contributed by atoms with E-state index in [1.54, 1.807) is 0 Å². The topological polar surface area (TPSA) is 71.1 Å². The Morgan fingerprint density at radius 1 is 0.625 bits per heavy atom. The van der Waals surface area contributed by atoms with Crippen molar-refractivity contribution in [3.8, 4) is 0 Å². The number of hydrogen-bond donors (Lipinski definition) is 0. The molecule has 0 unspecified atom stereocenters. The highest BCUT2D eigenvalue weighted by Gasteiger charge is 2.47. The molecule has 2 fully saturated rings. The van der Waals surface area contributed by atoms with Crippen LogP contribution < -0.4 is 0 Å². The Morgan fingerprint density at radius 3 is 1.23 bits per heavy atom. The average Bonchev–Trinajstić information content (AvgIpc) is 3.21. The summed E-state index contributed by atoms with van der Waals surface area (Å²) in [6, 6.07) is 0. The van der Waals surface area contributed by atoms with Crippen molar-refractivity contribution in [2.45, 2.75) is 167 Å². The van der Waals surface area contributed by atoms with Crippen molar-refractivity contribution >= 4 is 28.6 Å². The SMILES string of the molecule is C[C@@H]1OC(=O)/C(=C/CCCCCCCC/C=C2/C(=O)O[C@@H](C)[C@H]2O[Si](C)(C)C(C)(C)C)[C@@H]1O[Si](C)(C)C(C)(C)C. The summed E-state index contributed by atoms with van der Waals surface area (Å²) in [5.74, 6) is -0.439. The lowest BCUT2D eigenvalue weighted by Crippen LogP contribution is -2.46. The van der Waals surface area contributed by atoms with Gasteiger partial charge in [0.05, 0.1) is 11.1 Å². The summed E-state index contributed by atoms with van der Waals surface area (Å²) < 4.78 is 24.2. The molecule has 2 aliphatic rings. The third-order valence-electron chi connectivity index (χ3n) is 9.37. The summed E-state index contributed by atoms with van der Waals surface area (Å²) in [6.45, 7) is 26.0. The molecule has 0 aliphatic carbocycles. The van der Waals surface area contributed by atoms with Crippen molar-refractivity contribution in [1.82, 2.24) is 0 Å². The lowest BCUT2D eigenvalue weighted by atomic mass is 10.0. The van der Waals surface area contributed by atoms with Crippen molar-refractivity contribution in [3.63, 3.8) is 0 Å². The summed E-state index contributed by atoms with van der Waals surface area (Å²) >= 11 is 0. The van der Waals surface area contributed by atoms with Gasteiger partial charge in [-0.1, -0.05) is 79.4 Å². The van der Waals surface area contributed by atoms with Gasteiger partial charge in [-0.3, -0.25) is 0 Å². The molecule has 2 aliphatic heterocycles. The van der Waals surface area contributed by atoms with Crippen LogP contribution in [0.2, 0.25) is 36.3 Å². The second-order valence-electron chi connectivity index (χ2n) is 14.8. The van der Waals surface area contributed by atoms with Gasteiger partial charge in [0.1, 0.15) is 24.4 Å². The van der Waals surface area contributed by atoms with E-state index in [1.807, 2.05) is 13.8 Å². The number of unbranched alkanes of at least 4 members (excludes halogenated alkanes) is 7. The average molecular weight is 595 g/mol. The predicted molar refractivity (Wildman–Crippen MR) is 168 cm³/mol. The van der Waals surface area contributed by atoms with Crippen molar-refractivity contribution < 1.29 is 27.9 Å². The highest BCUT2D eigenvalue weighted by atomic mass is 28.4. The molecular formula is C32H58O6Si2. The first-order valence-electron chi connectivity index (χ1n) is 15.5. The molecule has 230 valence electrons. The largest absolute Gasteiger partial charge is 0.456 e. The van der Waals surface area contributed by atoms with Crippen LogP contribution >= 0.6 is 0 Å². The van der Waals surface area contributed by atoms with Gasteiger partial charge in [-0.2, -0.15) is 0 Å². The Hall–Kier alpha value is -1.23. The Labute approximate surface area is 246 Å². The normalized spacial score (nSPS) is 26.6. The summed E-state index contributed by atoms with van der Waals surface area (Å²) in [4.78, 5) is 24.9. The molecule has 2 heterocycles. The first-order valence-corrected chi connectivity index (χ1v) is 21.3. The third-order valence-corrected chi connectivity index (χ3v) is 18.3. The van der Waals surface area contributed by atoms with Gasteiger partial charge in [0.2, 0.25) is 0 Å². The van der Waals surface area contributed by atoms with E-state index < -0.39 is 16.6 Å². The number of carbonyl (C=O) groups is 2. The fourth-order valence-corrected chi connectivity index (χ4v) is 7.17. The number of carbonyl (C=O) groups excluding carboxylic acids is 2. The smallest absolute Gasteiger partial charge is 0.336 e. The maximum absolute atomic E-state index is 12.5. The molecular weight excluding hydrogens is 537 g/mol. The van der Waals surface area contributed by atoms with Gasteiger partial charge in [0.15, 0.2) is 16.6 Å². The lowest BCUT2D eigenvalue weighted by Gasteiger charge is -2.38. The van der Waals surface area contributed by atoms with Crippen LogP contribution in [0.1, 0.15) is 107 Å². The highest BCUT2D eigenvalue weighted by molar-refractivity contribution is 6.74. The fourth-order valence-electron chi connectivity index (χ4n) is 4.55. The zero-order valence-electron chi connectivity index (χ0n) is 27.6. The van der Waals surface area contributed by atoms with E-state index in [4.69, 9.17) is 18.3 Å². The molecule has 0 radical (unpaired) electrons. The molecule has 4 atom stereocenters. The molecule has 0 aromatic rings. The Morgan fingerprint density at radius 2 is 0.925 bits per heavy atom. The molecule has 0 spiro atoms. The van der Waals surface area contributed by atoms with Crippen LogP contribution in [0.25, 0.3) is 0 Å². The first kappa shape index (κ1) is 35.0. The van der Waals surface area contributed by atoms with Gasteiger partial charge in [-0.05, 0) is 75.8 Å². The molecule has 0 aromatic heterocycles. The maximum Gasteiger partial charge on any atom is 0.336 e. The summed E-state index contributed by atoms with van der Waals surface area (Å²) in [5, 5.41) is 0.165. The molecule has 2 rings (SSSR count). The fraction of sp³-hybridized carbons (Fsp3) is 0.812. The van der Waals surface area contributed by atoms with E-state index in [2.05, 4.69) is 79.9 Å². The number of esters is 2. The van der Waals surface area contributed by atoms with E-state index in [9.17, 15) is 9.59 Å². The Bertz CT molecular complexity index is 862. The highest BCUT2D eigenvalue weighted by Crippen LogP contribution is 2.41. The van der Waals surface area contributed by atoms with Crippen LogP contribution in [0.3, 0.4) is 0 Å². The molecule has 2 saturated heterocycles. The van der Waals surface area contributed by atoms with E-state index in [0.29, 0.717) is 11.1 Å². The van der Waals surface area contributed by atoms with Crippen LogP contribution in [-0.4, -0.2) is 53.0 Å². The van der Waals surface area contributed by atoms with Gasteiger partial charge in [0, 0.05) is 0 Å². The molecule has 8 heteroatoms. The van der Waals surface area contributed by atoms with Gasteiger partial charge < -0.3 is 18.3 Å². The number of hydrogen-bond acceptors (Lipinski definition) is 6. The number of ether oxygens (including phenoxy) is 2. The van der Waals surface area contributed by atoms with Crippen LogP contribution in [0, 0.1) is 0 Å². The first-order chi connectivity index (χ1) is 18.3. The molecule has 6 nitrogen and oxygen atoms in total. The zero-order chi connectivity index (χ0) is 30.5. The van der Waals surface area contributed by atoms with Crippen molar-refractivity contribution in [2.75, 3.05) is 0 Å². The minimum absolute atomic E-state index is 0.0823. The molecule has 0 saturated carbocycles. The molecule has 0 N–H and O–H groups in total. The van der Waals surface area contributed by atoms with Crippen molar-refractivity contribution in [1.29, 1.82) is 0 Å². The lowest BCUT2D eigenvalue weighted by molar-refractivity contribution is -0.139. The molecule has 0 bridgehead atoms. The van der Waals surface area contributed by atoms with E-state index in [0.717, 1.165) is 38.5 Å². The van der Waals surface area contributed by atoms with Crippen LogP contribution in [0.15, 0.2) is 23.3 Å². The summed E-state index contributed by atoms with van der Waals surface area (Å²) in [5.41, 5.74) is 1.42. The van der Waals surface area contributed by atoms with Crippen LogP contribution in [0.4, 0.5) is 0 Å². The van der Waals surface area contributed by atoms with E-state index in [1.165, 1.54) is 12.8 Å². The minimum atomic E-state index is -2.01. The van der Waals surface area contributed by atoms with Gasteiger partial charge >= 0.3 is 11.9 Å². The van der Waals surface area contributed by atoms with Gasteiger partial charge in [-0.25, -0.2) is 9.59 Å². The van der Waals surface area contributed by atoms with Crippen LogP contribution in [0.5, 0.6) is 0 Å². The molecule has 0 amide bonds. The van der Waals surface area contributed by atoms with Gasteiger partial charge in [0.25, 0.3) is 0 Å². The minimum Gasteiger partial charge on any atom is -0.456 e. The Kier molecular flexibility index (Phi) is 12.1. The quantitative estimate of drug-likeness (QED) is 0.0920. The van der Waals surface area contributed by atoms with E-state index >= 15 is 0 Å². The summed E-state index contributed by atoms with van der Waals surface area (Å²) in [6.07, 6.45) is 11.6. The second-order valence-corrected chi connectivity index (χ2v) is 24.3. The number of rotatable bonds is 13. The van der Waals surface area contributed by atoms with E-state index in [-0.39, 0.29) is 46.4 Å². The predicted octanol–water partition coefficient (Wildman–Crippen LogP) is 8.63. The molecule has 40 heavy (non-hydrogen) atoms. The molecule has 0 aromatic carbocycles. The second kappa shape index (κ2) is 13.8. The summed E-state index contributed by atoms with van der Waals surface area (Å²) in [7, 11) is -4.01. The maximum atomic E-state index is 12.5. The van der Waals surface area contributed by atoms with Crippen LogP contribution in [-0.2, 0) is 27.9 Å². The number of allylic oxidation sites excluding steroid dienone is 2. The number of cyclic esters (lactones) is 2. The van der Waals surface area contributed by atoms with Crippen molar-refractivity contribution in [2.24, 2.45) is 0 Å². The Balaban J connectivity index is 1.75. The van der Waals surface area contributed by atoms with Crippen molar-refractivity contribution in [3.05, 3.63) is 23.3 Å². The standard InChI is InChI=1S/C32H58O6Si2/c1-23-27(37-39(9,10)31(3,4)5)25(29(33)35-23)21-19-17-15-13-14-16-18-20-22-26-28(24(2)36-30(26)34)38-40(11,12)32(6,7)8/h21-24,27-28H,13-20H2,1-12H3/b25-21+,26-22+/t23-,24-,27+,28+/m0/s1. The zero-order valence-corrected chi connectivity index (χ0v) is 29.6. The monoisotopic (exact) mass is 594 g/mol. The third kappa shape index (κ3) is 9.14.